The van der Waals surface area contributed by atoms with Crippen molar-refractivity contribution in [2.24, 2.45) is 0 Å². The summed E-state index contributed by atoms with van der Waals surface area (Å²) in [5, 5.41) is 8.31. The van der Waals surface area contributed by atoms with Crippen LogP contribution in [0.15, 0.2) is 76.9 Å². The fourth-order valence-electron chi connectivity index (χ4n) is 3.66. The summed E-state index contributed by atoms with van der Waals surface area (Å²) in [5.74, 6) is 0.488. The van der Waals surface area contributed by atoms with Crippen LogP contribution in [-0.4, -0.2) is 20.9 Å². The van der Waals surface area contributed by atoms with Crippen LogP contribution >= 0.6 is 11.3 Å². The topological polar surface area (TPSA) is 87.7 Å². The van der Waals surface area contributed by atoms with Gasteiger partial charge < -0.3 is 10.3 Å². The number of amides is 1. The van der Waals surface area contributed by atoms with Gasteiger partial charge in [0.1, 0.15) is 5.82 Å². The highest BCUT2D eigenvalue weighted by molar-refractivity contribution is 7.14. The van der Waals surface area contributed by atoms with E-state index in [1.165, 1.54) is 16.7 Å². The zero-order valence-corrected chi connectivity index (χ0v) is 18.0. The molecule has 0 aliphatic heterocycles. The highest BCUT2D eigenvalue weighted by atomic mass is 32.1. The molecular formula is C25H20N4O2S. The number of benzene rings is 3. The summed E-state index contributed by atoms with van der Waals surface area (Å²) in [6.07, 6.45) is 1.42. The van der Waals surface area contributed by atoms with Crippen molar-refractivity contribution in [2.75, 3.05) is 5.32 Å². The largest absolute Gasteiger partial charge is 0.310 e. The van der Waals surface area contributed by atoms with Crippen LogP contribution in [0.3, 0.4) is 0 Å². The number of aromatic amines is 1. The van der Waals surface area contributed by atoms with Crippen LogP contribution in [0.2, 0.25) is 0 Å². The Balaban J connectivity index is 1.20. The molecule has 0 spiro atoms. The van der Waals surface area contributed by atoms with Crippen molar-refractivity contribution in [3.05, 3.63) is 88.3 Å². The summed E-state index contributed by atoms with van der Waals surface area (Å²) in [5.41, 5.74) is 2.37. The highest BCUT2D eigenvalue weighted by Gasteiger charge is 2.10. The number of aromatic nitrogens is 3. The molecule has 0 bridgehead atoms. The first-order valence-electron chi connectivity index (χ1n) is 10.4. The molecule has 0 radical (unpaired) electrons. The summed E-state index contributed by atoms with van der Waals surface area (Å²) in [4.78, 5) is 36.4. The number of carbonyl (C=O) groups is 1. The maximum absolute atomic E-state index is 12.4. The molecule has 0 saturated carbocycles. The predicted molar refractivity (Wildman–Crippen MR) is 129 cm³/mol. The molecule has 2 aromatic heterocycles. The van der Waals surface area contributed by atoms with Crippen LogP contribution in [0.25, 0.3) is 32.9 Å². The maximum atomic E-state index is 12.4. The van der Waals surface area contributed by atoms with E-state index in [4.69, 9.17) is 0 Å². The van der Waals surface area contributed by atoms with Crippen molar-refractivity contribution in [3.63, 3.8) is 0 Å². The van der Waals surface area contributed by atoms with Crippen molar-refractivity contribution >= 4 is 44.1 Å². The molecule has 0 fully saturated rings. The minimum atomic E-state index is -0.154. The number of nitrogens with one attached hydrogen (secondary N) is 2. The fourth-order valence-corrected chi connectivity index (χ4v) is 4.40. The van der Waals surface area contributed by atoms with Crippen molar-refractivity contribution in [3.8, 4) is 11.3 Å². The third-order valence-corrected chi connectivity index (χ3v) is 6.03. The molecule has 2 N–H and O–H groups in total. The molecule has 7 heteroatoms. The second-order valence-electron chi connectivity index (χ2n) is 7.53. The van der Waals surface area contributed by atoms with Crippen LogP contribution in [0.5, 0.6) is 0 Å². The molecule has 2 heterocycles. The number of para-hydroxylation sites is 1. The van der Waals surface area contributed by atoms with Crippen LogP contribution in [0, 0.1) is 0 Å². The molecule has 0 aliphatic rings. The van der Waals surface area contributed by atoms with E-state index >= 15 is 0 Å². The third kappa shape index (κ3) is 4.29. The Morgan fingerprint density at radius 3 is 2.69 bits per heavy atom. The van der Waals surface area contributed by atoms with Gasteiger partial charge in [-0.3, -0.25) is 9.59 Å². The average molecular weight is 441 g/mol. The monoisotopic (exact) mass is 440 g/mol. The van der Waals surface area contributed by atoms with Gasteiger partial charge in [0.05, 0.1) is 16.6 Å². The molecule has 0 aliphatic carbocycles. The Labute approximate surface area is 188 Å². The number of fused-ring (bicyclic) bond motifs is 2. The Bertz CT molecular complexity index is 1490. The van der Waals surface area contributed by atoms with Gasteiger partial charge in [0.2, 0.25) is 5.91 Å². The number of hydrogen-bond donors (Lipinski definition) is 2. The van der Waals surface area contributed by atoms with E-state index in [1.54, 1.807) is 6.07 Å². The standard InChI is InChI=1S/C25H20N4O2S/c30-23(11-5-10-22-26-20-9-4-3-8-19(20)24(31)28-22)29-25-27-21(15-32-25)18-13-12-16-6-1-2-7-17(16)14-18/h1-4,6-9,12-15H,5,10-11H2,(H,26,28,31)(H,27,29,30). The first-order valence-corrected chi connectivity index (χ1v) is 11.3. The first-order chi connectivity index (χ1) is 15.7. The normalized spacial score (nSPS) is 11.1. The summed E-state index contributed by atoms with van der Waals surface area (Å²) >= 11 is 1.41. The first kappa shape index (κ1) is 20.1. The fraction of sp³-hybridized carbons (Fsp3) is 0.120. The predicted octanol–water partition coefficient (Wildman–Crippen LogP) is 5.16. The lowest BCUT2D eigenvalue weighted by Gasteiger charge is -2.04. The van der Waals surface area contributed by atoms with Crippen LogP contribution < -0.4 is 10.9 Å². The van der Waals surface area contributed by atoms with Gasteiger partial charge in [-0.25, -0.2) is 9.97 Å². The van der Waals surface area contributed by atoms with Gasteiger partial charge in [-0.1, -0.05) is 48.5 Å². The quantitative estimate of drug-likeness (QED) is 0.382. The van der Waals surface area contributed by atoms with Crippen molar-refractivity contribution in [1.82, 2.24) is 15.0 Å². The Morgan fingerprint density at radius 2 is 1.78 bits per heavy atom. The molecular weight excluding hydrogens is 420 g/mol. The molecule has 0 unspecified atom stereocenters. The SMILES string of the molecule is O=C(CCCc1nc2ccccc2c(=O)[nH]1)Nc1nc(-c2ccc3ccccc3c2)cs1. The second kappa shape index (κ2) is 8.72. The molecule has 0 saturated heterocycles. The Hall–Kier alpha value is -3.84. The number of carbonyl (C=O) groups excluding carboxylic acids is 1. The van der Waals surface area contributed by atoms with Crippen LogP contribution in [0.4, 0.5) is 5.13 Å². The van der Waals surface area contributed by atoms with Crippen molar-refractivity contribution in [1.29, 1.82) is 0 Å². The summed E-state index contributed by atoms with van der Waals surface area (Å²) in [7, 11) is 0. The molecule has 1 amide bonds. The summed E-state index contributed by atoms with van der Waals surface area (Å²) in [6.45, 7) is 0. The number of H-pyrrole nitrogens is 1. The van der Waals surface area contributed by atoms with Gasteiger partial charge in [0.25, 0.3) is 5.56 Å². The number of rotatable bonds is 6. The summed E-state index contributed by atoms with van der Waals surface area (Å²) < 4.78 is 0. The van der Waals surface area contributed by atoms with E-state index in [0.717, 1.165) is 16.6 Å². The van der Waals surface area contributed by atoms with Crippen LogP contribution in [0.1, 0.15) is 18.7 Å². The zero-order chi connectivity index (χ0) is 21.9. The van der Waals surface area contributed by atoms with Gasteiger partial charge in [-0.05, 0) is 35.4 Å². The average Bonchev–Trinajstić information content (AvgIpc) is 3.27. The number of nitrogens with zero attached hydrogens (tertiary/aromatic N) is 2. The van der Waals surface area contributed by atoms with Gasteiger partial charge >= 0.3 is 0 Å². The third-order valence-electron chi connectivity index (χ3n) is 5.28. The van der Waals surface area contributed by atoms with E-state index in [0.29, 0.717) is 41.1 Å². The lowest BCUT2D eigenvalue weighted by Crippen LogP contribution is -2.14. The zero-order valence-electron chi connectivity index (χ0n) is 17.2. The van der Waals surface area contributed by atoms with Crippen molar-refractivity contribution < 1.29 is 4.79 Å². The smallest absolute Gasteiger partial charge is 0.258 e. The van der Waals surface area contributed by atoms with E-state index in [1.807, 2.05) is 41.8 Å². The molecule has 3 aromatic carbocycles. The maximum Gasteiger partial charge on any atom is 0.258 e. The van der Waals surface area contributed by atoms with Gasteiger partial charge in [-0.15, -0.1) is 11.3 Å². The molecule has 5 aromatic rings. The second-order valence-corrected chi connectivity index (χ2v) is 8.39. The van der Waals surface area contributed by atoms with Gasteiger partial charge in [0.15, 0.2) is 5.13 Å². The van der Waals surface area contributed by atoms with E-state index in [-0.39, 0.29) is 11.5 Å². The van der Waals surface area contributed by atoms with E-state index < -0.39 is 0 Å². The lowest BCUT2D eigenvalue weighted by molar-refractivity contribution is -0.116. The van der Waals surface area contributed by atoms with E-state index in [9.17, 15) is 9.59 Å². The van der Waals surface area contributed by atoms with Crippen molar-refractivity contribution in [2.45, 2.75) is 19.3 Å². The van der Waals surface area contributed by atoms with E-state index in [2.05, 4.69) is 44.5 Å². The lowest BCUT2D eigenvalue weighted by atomic mass is 10.1. The number of aryl methyl sites for hydroxylation is 1. The molecule has 6 nitrogen and oxygen atoms in total. The minimum absolute atomic E-state index is 0.104. The minimum Gasteiger partial charge on any atom is -0.310 e. The highest BCUT2D eigenvalue weighted by Crippen LogP contribution is 2.27. The molecule has 158 valence electrons. The van der Waals surface area contributed by atoms with Gasteiger partial charge in [0, 0.05) is 23.8 Å². The summed E-state index contributed by atoms with van der Waals surface area (Å²) in [6, 6.07) is 21.6. The Kier molecular flexibility index (Phi) is 5.47. The number of thiazole rings is 1. The number of hydrogen-bond acceptors (Lipinski definition) is 5. The number of anilines is 1. The van der Waals surface area contributed by atoms with Crippen LogP contribution in [-0.2, 0) is 11.2 Å². The van der Waals surface area contributed by atoms with Gasteiger partial charge in [-0.2, -0.15) is 0 Å². The molecule has 5 rings (SSSR count). The molecule has 0 atom stereocenters. The Morgan fingerprint density at radius 1 is 0.969 bits per heavy atom. The molecule has 32 heavy (non-hydrogen) atoms.